The average molecular weight is 288 g/mol. The number of nitrogens with zero attached hydrogens (tertiary/aromatic N) is 1. The fourth-order valence-corrected chi connectivity index (χ4v) is 1.75. The zero-order valence-corrected chi connectivity index (χ0v) is 10.7. The summed E-state index contributed by atoms with van der Waals surface area (Å²) in [6, 6.07) is 1.24. The van der Waals surface area contributed by atoms with Gasteiger partial charge >= 0.3 is 11.7 Å². The van der Waals surface area contributed by atoms with E-state index in [-0.39, 0.29) is 24.6 Å². The molecule has 1 atom stereocenters. The van der Waals surface area contributed by atoms with Crippen LogP contribution < -0.4 is 5.32 Å². The van der Waals surface area contributed by atoms with Crippen LogP contribution >= 0.6 is 0 Å². The number of rotatable bonds is 7. The third-order valence-electron chi connectivity index (χ3n) is 2.83. The van der Waals surface area contributed by atoms with Gasteiger partial charge in [-0.1, -0.05) is 13.3 Å². The smallest absolute Gasteiger partial charge is 0.327 e. The molecule has 0 aliphatic heterocycles. The summed E-state index contributed by atoms with van der Waals surface area (Å²) in [5.74, 6) is -3.51. The van der Waals surface area contributed by atoms with Crippen molar-refractivity contribution in [3.05, 3.63) is 33.9 Å². The van der Waals surface area contributed by atoms with Crippen molar-refractivity contribution < 1.29 is 23.6 Å². The van der Waals surface area contributed by atoms with Gasteiger partial charge in [0, 0.05) is 25.1 Å². The lowest BCUT2D eigenvalue weighted by Crippen LogP contribution is -2.18. The summed E-state index contributed by atoms with van der Waals surface area (Å²) in [5, 5.41) is 22.0. The molecule has 0 saturated heterocycles. The molecule has 1 unspecified atom stereocenters. The SMILES string of the molecule is CCC(CNc1cc(F)cc(F)c1[N+](=O)[O-])CC(=O)O. The molecule has 110 valence electrons. The second-order valence-electron chi connectivity index (χ2n) is 4.29. The molecule has 0 aromatic heterocycles. The van der Waals surface area contributed by atoms with E-state index in [2.05, 4.69) is 5.32 Å². The van der Waals surface area contributed by atoms with E-state index in [1.54, 1.807) is 6.92 Å². The van der Waals surface area contributed by atoms with Crippen molar-refractivity contribution in [2.45, 2.75) is 19.8 Å². The fraction of sp³-hybridized carbons (Fsp3) is 0.417. The van der Waals surface area contributed by atoms with E-state index in [1.807, 2.05) is 0 Å². The fourth-order valence-electron chi connectivity index (χ4n) is 1.75. The van der Waals surface area contributed by atoms with Gasteiger partial charge in [-0.05, 0) is 5.92 Å². The summed E-state index contributed by atoms with van der Waals surface area (Å²) >= 11 is 0. The monoisotopic (exact) mass is 288 g/mol. The van der Waals surface area contributed by atoms with E-state index >= 15 is 0 Å². The first-order valence-electron chi connectivity index (χ1n) is 5.94. The number of nitro benzene ring substituents is 1. The quantitative estimate of drug-likeness (QED) is 0.594. The molecule has 8 heteroatoms. The van der Waals surface area contributed by atoms with Crippen LogP contribution in [0.1, 0.15) is 19.8 Å². The average Bonchev–Trinajstić information content (AvgIpc) is 2.32. The normalized spacial score (nSPS) is 11.9. The number of benzene rings is 1. The molecule has 20 heavy (non-hydrogen) atoms. The van der Waals surface area contributed by atoms with Crippen LogP contribution in [-0.2, 0) is 4.79 Å². The van der Waals surface area contributed by atoms with Gasteiger partial charge in [0.05, 0.1) is 4.92 Å². The van der Waals surface area contributed by atoms with E-state index in [0.29, 0.717) is 12.5 Å². The van der Waals surface area contributed by atoms with E-state index < -0.39 is 28.2 Å². The van der Waals surface area contributed by atoms with Gasteiger partial charge in [0.2, 0.25) is 5.82 Å². The first kappa shape index (κ1) is 15.8. The maximum absolute atomic E-state index is 13.4. The largest absolute Gasteiger partial charge is 0.481 e. The van der Waals surface area contributed by atoms with Gasteiger partial charge in [-0.3, -0.25) is 14.9 Å². The standard InChI is InChI=1S/C12H14F2N2O4/c1-2-7(3-11(17)18)6-15-10-5-8(13)4-9(14)12(10)16(19)20/h4-5,7,15H,2-3,6H2,1H3,(H,17,18). The minimum Gasteiger partial charge on any atom is -0.481 e. The first-order chi connectivity index (χ1) is 9.35. The van der Waals surface area contributed by atoms with Crippen LogP contribution in [0.3, 0.4) is 0 Å². The molecule has 0 aliphatic rings. The molecule has 0 saturated carbocycles. The van der Waals surface area contributed by atoms with Crippen LogP contribution in [0.15, 0.2) is 12.1 Å². The number of carboxylic acid groups (broad SMARTS) is 1. The molecule has 0 amide bonds. The molecule has 0 heterocycles. The number of carboxylic acids is 1. The van der Waals surface area contributed by atoms with Crippen molar-refractivity contribution >= 4 is 17.3 Å². The minimum atomic E-state index is -1.27. The van der Waals surface area contributed by atoms with Gasteiger partial charge in [0.1, 0.15) is 11.5 Å². The number of nitro groups is 1. The summed E-state index contributed by atoms with van der Waals surface area (Å²) < 4.78 is 26.5. The maximum Gasteiger partial charge on any atom is 0.327 e. The molecule has 0 bridgehead atoms. The number of hydrogen-bond donors (Lipinski definition) is 2. The minimum absolute atomic E-state index is 0.0759. The number of anilines is 1. The zero-order valence-electron chi connectivity index (χ0n) is 10.7. The summed E-state index contributed by atoms with van der Waals surface area (Å²) in [7, 11) is 0. The topological polar surface area (TPSA) is 92.5 Å². The van der Waals surface area contributed by atoms with Gasteiger partial charge in [0.15, 0.2) is 0 Å². The molecule has 0 spiro atoms. The lowest BCUT2D eigenvalue weighted by atomic mass is 10.0. The lowest BCUT2D eigenvalue weighted by Gasteiger charge is -2.14. The highest BCUT2D eigenvalue weighted by Crippen LogP contribution is 2.29. The highest BCUT2D eigenvalue weighted by molar-refractivity contribution is 5.67. The Hall–Kier alpha value is -2.25. The molecule has 2 N–H and O–H groups in total. The van der Waals surface area contributed by atoms with E-state index in [9.17, 15) is 23.7 Å². The van der Waals surface area contributed by atoms with E-state index in [0.717, 1.165) is 6.07 Å². The molecule has 1 rings (SSSR count). The Labute approximate surface area is 113 Å². The number of hydrogen-bond acceptors (Lipinski definition) is 4. The van der Waals surface area contributed by atoms with Crippen LogP contribution in [0.4, 0.5) is 20.2 Å². The second-order valence-corrected chi connectivity index (χ2v) is 4.29. The Balaban J connectivity index is 2.91. The van der Waals surface area contributed by atoms with Crippen LogP contribution in [0.2, 0.25) is 0 Å². The number of aliphatic carboxylic acids is 1. The van der Waals surface area contributed by atoms with Gasteiger partial charge in [-0.15, -0.1) is 0 Å². The van der Waals surface area contributed by atoms with Gasteiger partial charge in [-0.2, -0.15) is 4.39 Å². The van der Waals surface area contributed by atoms with Crippen LogP contribution in [0.25, 0.3) is 0 Å². The second kappa shape index (κ2) is 6.78. The molecule has 1 aromatic carbocycles. The number of halogens is 2. The maximum atomic E-state index is 13.4. The number of carbonyl (C=O) groups is 1. The zero-order chi connectivity index (χ0) is 15.3. The van der Waals surface area contributed by atoms with Gasteiger partial charge < -0.3 is 10.4 Å². The van der Waals surface area contributed by atoms with Crippen LogP contribution in [0.5, 0.6) is 0 Å². The summed E-state index contributed by atoms with van der Waals surface area (Å²) in [4.78, 5) is 20.4. The van der Waals surface area contributed by atoms with E-state index in [1.165, 1.54) is 0 Å². The Morgan fingerprint density at radius 2 is 2.15 bits per heavy atom. The Bertz CT molecular complexity index is 522. The van der Waals surface area contributed by atoms with Crippen molar-refractivity contribution in [3.8, 4) is 0 Å². The highest BCUT2D eigenvalue weighted by Gasteiger charge is 2.22. The third kappa shape index (κ3) is 4.15. The number of nitrogens with one attached hydrogen (secondary N) is 1. The van der Waals surface area contributed by atoms with Crippen LogP contribution in [-0.4, -0.2) is 22.5 Å². The van der Waals surface area contributed by atoms with Crippen LogP contribution in [0, 0.1) is 27.7 Å². The third-order valence-corrected chi connectivity index (χ3v) is 2.83. The van der Waals surface area contributed by atoms with Crippen molar-refractivity contribution in [3.63, 3.8) is 0 Å². The highest BCUT2D eigenvalue weighted by atomic mass is 19.1. The lowest BCUT2D eigenvalue weighted by molar-refractivity contribution is -0.386. The van der Waals surface area contributed by atoms with Crippen molar-refractivity contribution in [2.24, 2.45) is 5.92 Å². The molecule has 0 radical (unpaired) electrons. The van der Waals surface area contributed by atoms with Gasteiger partial charge in [0.25, 0.3) is 0 Å². The molecular formula is C12H14F2N2O4. The molecular weight excluding hydrogens is 274 g/mol. The Morgan fingerprint density at radius 3 is 2.65 bits per heavy atom. The van der Waals surface area contributed by atoms with Crippen molar-refractivity contribution in [1.82, 2.24) is 0 Å². The molecule has 0 aliphatic carbocycles. The molecule has 0 fully saturated rings. The van der Waals surface area contributed by atoms with Gasteiger partial charge in [-0.25, -0.2) is 4.39 Å². The van der Waals surface area contributed by atoms with E-state index in [4.69, 9.17) is 5.11 Å². The molecule has 6 nitrogen and oxygen atoms in total. The summed E-state index contributed by atoms with van der Waals surface area (Å²) in [6.07, 6.45) is 0.389. The summed E-state index contributed by atoms with van der Waals surface area (Å²) in [6.45, 7) is 1.84. The Kier molecular flexibility index (Phi) is 5.36. The molecule has 1 aromatic rings. The first-order valence-corrected chi connectivity index (χ1v) is 5.94. The summed E-state index contributed by atoms with van der Waals surface area (Å²) in [5.41, 5.74) is -1.15. The van der Waals surface area contributed by atoms with Crippen molar-refractivity contribution in [2.75, 3.05) is 11.9 Å². The van der Waals surface area contributed by atoms with Crippen molar-refractivity contribution in [1.29, 1.82) is 0 Å². The predicted octanol–water partition coefficient (Wildman–Crippen LogP) is 2.79. The Morgan fingerprint density at radius 1 is 1.50 bits per heavy atom. The predicted molar refractivity (Wildman–Crippen MR) is 67.5 cm³/mol.